The largest absolute Gasteiger partial charge is 0.507 e. The maximum atomic E-state index is 9.54. The van der Waals surface area contributed by atoms with Crippen molar-refractivity contribution in [3.05, 3.63) is 35.4 Å². The van der Waals surface area contributed by atoms with Gasteiger partial charge in [-0.3, -0.25) is 0 Å². The summed E-state index contributed by atoms with van der Waals surface area (Å²) in [5, 5.41) is 9.54. The van der Waals surface area contributed by atoms with Gasteiger partial charge >= 0.3 is 0 Å². The third kappa shape index (κ3) is 3.25. The minimum absolute atomic E-state index is 0.364. The molecule has 0 amide bonds. The van der Waals surface area contributed by atoms with Crippen molar-refractivity contribution in [3.8, 4) is 5.75 Å². The zero-order valence-corrected chi connectivity index (χ0v) is 8.96. The van der Waals surface area contributed by atoms with Crippen molar-refractivity contribution in [1.29, 1.82) is 0 Å². The van der Waals surface area contributed by atoms with Crippen molar-refractivity contribution in [3.63, 3.8) is 0 Å². The number of rotatable bonds is 4. The number of unbranched alkanes of at least 4 members (excludes halogenated alkanes) is 1. The van der Waals surface area contributed by atoms with E-state index in [1.54, 1.807) is 6.07 Å². The number of aromatic hydroxyl groups is 1. The van der Waals surface area contributed by atoms with E-state index in [9.17, 15) is 5.11 Å². The minimum atomic E-state index is 0.364. The van der Waals surface area contributed by atoms with Crippen molar-refractivity contribution in [2.45, 2.75) is 33.1 Å². The Hall–Kier alpha value is -1.24. The molecule has 0 aromatic heterocycles. The van der Waals surface area contributed by atoms with Gasteiger partial charge in [-0.05, 0) is 25.8 Å². The molecule has 0 bridgehead atoms. The van der Waals surface area contributed by atoms with Gasteiger partial charge in [0, 0.05) is 5.56 Å². The molecule has 0 spiro atoms. The Morgan fingerprint density at radius 3 is 2.71 bits per heavy atom. The molecule has 0 aliphatic heterocycles. The maximum Gasteiger partial charge on any atom is 0.122 e. The highest BCUT2D eigenvalue weighted by molar-refractivity contribution is 5.58. The quantitative estimate of drug-likeness (QED) is 0.761. The highest BCUT2D eigenvalue weighted by atomic mass is 16.3. The lowest BCUT2D eigenvalue weighted by atomic mass is 10.1. The van der Waals surface area contributed by atoms with Gasteiger partial charge in [0.1, 0.15) is 5.75 Å². The van der Waals surface area contributed by atoms with E-state index < -0.39 is 0 Å². The molecule has 0 unspecified atom stereocenters. The van der Waals surface area contributed by atoms with Gasteiger partial charge in [0.25, 0.3) is 0 Å². The predicted molar refractivity (Wildman–Crippen MR) is 61.3 cm³/mol. The second-order valence-electron chi connectivity index (χ2n) is 3.65. The summed E-state index contributed by atoms with van der Waals surface area (Å²) in [4.78, 5) is 0. The molecular formula is C13H18O. The third-order valence-electron chi connectivity index (χ3n) is 2.26. The number of allylic oxidation sites excluding steroid dienone is 1. The van der Waals surface area contributed by atoms with Gasteiger partial charge in [-0.15, -0.1) is 0 Å². The smallest absolute Gasteiger partial charge is 0.122 e. The summed E-state index contributed by atoms with van der Waals surface area (Å²) in [5.74, 6) is 0.364. The van der Waals surface area contributed by atoms with E-state index in [1.165, 1.54) is 18.4 Å². The Morgan fingerprint density at radius 2 is 2.07 bits per heavy atom. The normalized spacial score (nSPS) is 11.7. The van der Waals surface area contributed by atoms with Gasteiger partial charge in [-0.25, -0.2) is 0 Å². The van der Waals surface area contributed by atoms with Crippen LogP contribution in [-0.4, -0.2) is 5.11 Å². The summed E-state index contributed by atoms with van der Waals surface area (Å²) in [6.07, 6.45) is 5.61. The lowest BCUT2D eigenvalue weighted by molar-refractivity contribution is 0.474. The van der Waals surface area contributed by atoms with Crippen LogP contribution in [0.15, 0.2) is 29.8 Å². The first-order valence-corrected chi connectivity index (χ1v) is 5.19. The van der Waals surface area contributed by atoms with E-state index in [-0.39, 0.29) is 0 Å². The SMILES string of the molecule is CCCC/C(C)=C/c1ccccc1O. The molecule has 0 radical (unpaired) electrons. The Labute approximate surface area is 86.1 Å². The van der Waals surface area contributed by atoms with Crippen LogP contribution in [0, 0.1) is 0 Å². The van der Waals surface area contributed by atoms with E-state index in [4.69, 9.17) is 0 Å². The van der Waals surface area contributed by atoms with Gasteiger partial charge < -0.3 is 5.11 Å². The molecule has 0 fully saturated rings. The Kier molecular flexibility index (Phi) is 4.24. The summed E-state index contributed by atoms with van der Waals surface area (Å²) in [7, 11) is 0. The zero-order chi connectivity index (χ0) is 10.4. The fraction of sp³-hybridized carbons (Fsp3) is 0.385. The third-order valence-corrected chi connectivity index (χ3v) is 2.26. The fourth-order valence-corrected chi connectivity index (χ4v) is 1.40. The van der Waals surface area contributed by atoms with E-state index in [0.717, 1.165) is 12.0 Å². The highest BCUT2D eigenvalue weighted by Crippen LogP contribution is 2.20. The van der Waals surface area contributed by atoms with E-state index in [2.05, 4.69) is 19.9 Å². The topological polar surface area (TPSA) is 20.2 Å². The highest BCUT2D eigenvalue weighted by Gasteiger charge is 1.96. The monoisotopic (exact) mass is 190 g/mol. The van der Waals surface area contributed by atoms with Gasteiger partial charge in [0.15, 0.2) is 0 Å². The molecule has 1 aromatic rings. The van der Waals surface area contributed by atoms with Gasteiger partial charge in [0.05, 0.1) is 0 Å². The average Bonchev–Trinajstić information content (AvgIpc) is 2.18. The molecule has 0 saturated heterocycles. The van der Waals surface area contributed by atoms with Crippen LogP contribution >= 0.6 is 0 Å². The molecule has 0 aliphatic rings. The number of hydrogen-bond acceptors (Lipinski definition) is 1. The number of benzene rings is 1. The number of phenolic OH excluding ortho intramolecular Hbond substituents is 1. The van der Waals surface area contributed by atoms with Crippen molar-refractivity contribution in [2.75, 3.05) is 0 Å². The first-order chi connectivity index (χ1) is 6.74. The maximum absolute atomic E-state index is 9.54. The summed E-state index contributed by atoms with van der Waals surface area (Å²) >= 11 is 0. The van der Waals surface area contributed by atoms with E-state index >= 15 is 0 Å². The van der Waals surface area contributed by atoms with Crippen LogP contribution in [-0.2, 0) is 0 Å². The molecule has 0 atom stereocenters. The Balaban J connectivity index is 2.71. The van der Waals surface area contributed by atoms with E-state index in [0.29, 0.717) is 5.75 Å². The van der Waals surface area contributed by atoms with Gasteiger partial charge in [-0.1, -0.05) is 43.2 Å². The molecule has 0 aliphatic carbocycles. The molecule has 1 heteroatoms. The summed E-state index contributed by atoms with van der Waals surface area (Å²) in [5.41, 5.74) is 2.24. The van der Waals surface area contributed by atoms with Crippen LogP contribution in [0.25, 0.3) is 6.08 Å². The zero-order valence-electron chi connectivity index (χ0n) is 8.96. The lowest BCUT2D eigenvalue weighted by Crippen LogP contribution is -1.79. The number of para-hydroxylation sites is 1. The average molecular weight is 190 g/mol. The Morgan fingerprint density at radius 1 is 1.36 bits per heavy atom. The molecule has 76 valence electrons. The summed E-state index contributed by atoms with van der Waals surface area (Å²) in [6, 6.07) is 7.44. The van der Waals surface area contributed by atoms with Crippen LogP contribution in [0.5, 0.6) is 5.75 Å². The first kappa shape index (κ1) is 10.8. The standard InChI is InChI=1S/C13H18O/c1-3-4-7-11(2)10-12-8-5-6-9-13(12)14/h5-6,8-10,14H,3-4,7H2,1-2H3/b11-10+. The lowest BCUT2D eigenvalue weighted by Gasteiger charge is -2.01. The van der Waals surface area contributed by atoms with Crippen LogP contribution < -0.4 is 0 Å². The number of hydrogen-bond donors (Lipinski definition) is 1. The molecule has 1 N–H and O–H groups in total. The van der Waals surface area contributed by atoms with Crippen molar-refractivity contribution >= 4 is 6.08 Å². The van der Waals surface area contributed by atoms with Crippen LogP contribution in [0.4, 0.5) is 0 Å². The van der Waals surface area contributed by atoms with Crippen LogP contribution in [0.1, 0.15) is 38.7 Å². The second kappa shape index (κ2) is 5.48. The first-order valence-electron chi connectivity index (χ1n) is 5.19. The van der Waals surface area contributed by atoms with Crippen molar-refractivity contribution < 1.29 is 5.11 Å². The molecule has 0 saturated carbocycles. The van der Waals surface area contributed by atoms with Crippen molar-refractivity contribution in [1.82, 2.24) is 0 Å². The molecule has 0 heterocycles. The minimum Gasteiger partial charge on any atom is -0.507 e. The van der Waals surface area contributed by atoms with Crippen LogP contribution in [0.2, 0.25) is 0 Å². The number of phenols is 1. The van der Waals surface area contributed by atoms with Crippen molar-refractivity contribution in [2.24, 2.45) is 0 Å². The Bertz CT molecular complexity index is 313. The van der Waals surface area contributed by atoms with Gasteiger partial charge in [0.2, 0.25) is 0 Å². The molecule has 1 rings (SSSR count). The molecule has 14 heavy (non-hydrogen) atoms. The molecule has 1 aromatic carbocycles. The van der Waals surface area contributed by atoms with Gasteiger partial charge in [-0.2, -0.15) is 0 Å². The summed E-state index contributed by atoms with van der Waals surface area (Å²) < 4.78 is 0. The molecular weight excluding hydrogens is 172 g/mol. The fourth-order valence-electron chi connectivity index (χ4n) is 1.40. The van der Waals surface area contributed by atoms with Crippen LogP contribution in [0.3, 0.4) is 0 Å². The summed E-state index contributed by atoms with van der Waals surface area (Å²) in [6.45, 7) is 4.30. The predicted octanol–water partition coefficient (Wildman–Crippen LogP) is 3.99. The van der Waals surface area contributed by atoms with E-state index in [1.807, 2.05) is 18.2 Å². The molecule has 1 nitrogen and oxygen atoms in total. The second-order valence-corrected chi connectivity index (χ2v) is 3.65.